The molecule has 11 heteroatoms. The average molecular weight is 457 g/mol. The van der Waals surface area contributed by atoms with Crippen molar-refractivity contribution in [3.63, 3.8) is 0 Å². The third-order valence-electron chi connectivity index (χ3n) is 4.29. The number of nitro benzene ring substituents is 1. The molecule has 1 aromatic heterocycles. The molecule has 0 saturated heterocycles. The van der Waals surface area contributed by atoms with Crippen LogP contribution in [0.4, 0.5) is 21.5 Å². The van der Waals surface area contributed by atoms with Crippen molar-refractivity contribution in [1.29, 1.82) is 0 Å². The highest BCUT2D eigenvalue weighted by Gasteiger charge is 2.22. The lowest BCUT2D eigenvalue weighted by Crippen LogP contribution is -2.28. The van der Waals surface area contributed by atoms with E-state index in [1.165, 1.54) is 29.4 Å². The lowest BCUT2D eigenvalue weighted by Gasteiger charge is -2.19. The number of nitrogens with zero attached hydrogens (tertiary/aromatic N) is 2. The van der Waals surface area contributed by atoms with E-state index in [1.54, 1.807) is 35.7 Å². The predicted octanol–water partition coefficient (Wildman–Crippen LogP) is 3.87. The van der Waals surface area contributed by atoms with Crippen molar-refractivity contribution in [1.82, 2.24) is 0 Å². The molecule has 1 N–H and O–H groups in total. The second-order valence-electron chi connectivity index (χ2n) is 6.40. The maximum atomic E-state index is 13.8. The van der Waals surface area contributed by atoms with Gasteiger partial charge in [-0.1, -0.05) is 18.2 Å². The maximum absolute atomic E-state index is 13.8. The summed E-state index contributed by atoms with van der Waals surface area (Å²) in [5.41, 5.74) is -0.497. The van der Waals surface area contributed by atoms with Gasteiger partial charge in [0.05, 0.1) is 26.7 Å². The van der Waals surface area contributed by atoms with Crippen molar-refractivity contribution < 1.29 is 28.4 Å². The molecule has 2 amide bonds. The molecule has 164 valence electrons. The topological polar surface area (TPSA) is 119 Å². The molecule has 0 atom stereocenters. The van der Waals surface area contributed by atoms with Gasteiger partial charge >= 0.3 is 5.97 Å². The highest BCUT2D eigenvalue weighted by molar-refractivity contribution is 7.12. The SMILES string of the molecule is CN(C(=O)c1cccs1)c1ccccc1C(=O)OCC(=O)Nc1cc([N+](=O)[O-])ccc1F. The van der Waals surface area contributed by atoms with Gasteiger partial charge in [0.2, 0.25) is 0 Å². The van der Waals surface area contributed by atoms with Crippen LogP contribution in [-0.2, 0) is 9.53 Å². The quantitative estimate of drug-likeness (QED) is 0.327. The third kappa shape index (κ3) is 5.13. The molecule has 32 heavy (non-hydrogen) atoms. The van der Waals surface area contributed by atoms with Gasteiger partial charge in [-0.2, -0.15) is 0 Å². The number of hydrogen-bond donors (Lipinski definition) is 1. The number of carbonyl (C=O) groups is 3. The predicted molar refractivity (Wildman–Crippen MR) is 115 cm³/mol. The highest BCUT2D eigenvalue weighted by atomic mass is 32.1. The molecular weight excluding hydrogens is 441 g/mol. The molecule has 2 aromatic carbocycles. The van der Waals surface area contributed by atoms with E-state index in [1.807, 2.05) is 0 Å². The number of ether oxygens (including phenoxy) is 1. The molecule has 0 aliphatic carbocycles. The number of carbonyl (C=O) groups excluding carboxylic acids is 3. The standard InChI is InChI=1S/C21H16FN3O6S/c1-24(20(27)18-7-4-10-32-18)17-6-3-2-5-14(17)21(28)31-12-19(26)23-16-11-13(25(29)30)8-9-15(16)22/h2-11H,12H2,1H3,(H,23,26). The van der Waals surface area contributed by atoms with Gasteiger partial charge in [-0.15, -0.1) is 11.3 Å². The maximum Gasteiger partial charge on any atom is 0.340 e. The molecule has 3 rings (SSSR count). The fourth-order valence-electron chi connectivity index (χ4n) is 2.73. The van der Waals surface area contributed by atoms with Crippen LogP contribution < -0.4 is 10.2 Å². The van der Waals surface area contributed by atoms with Crippen molar-refractivity contribution >= 4 is 46.2 Å². The Hall–Kier alpha value is -4.12. The smallest absolute Gasteiger partial charge is 0.340 e. The number of halogens is 1. The van der Waals surface area contributed by atoms with E-state index in [0.29, 0.717) is 4.88 Å². The first kappa shape index (κ1) is 22.6. The fraction of sp³-hybridized carbons (Fsp3) is 0.0952. The lowest BCUT2D eigenvalue weighted by molar-refractivity contribution is -0.384. The number of anilines is 2. The van der Waals surface area contributed by atoms with E-state index in [2.05, 4.69) is 5.32 Å². The number of non-ortho nitro benzene ring substituents is 1. The van der Waals surface area contributed by atoms with Crippen LogP contribution in [0.2, 0.25) is 0 Å². The second-order valence-corrected chi connectivity index (χ2v) is 7.35. The van der Waals surface area contributed by atoms with Crippen LogP contribution in [-0.4, -0.2) is 36.4 Å². The zero-order valence-corrected chi connectivity index (χ0v) is 17.4. The summed E-state index contributed by atoms with van der Waals surface area (Å²) < 4.78 is 18.8. The molecule has 0 fully saturated rings. The summed E-state index contributed by atoms with van der Waals surface area (Å²) in [5.74, 6) is -2.96. The molecule has 0 aliphatic rings. The van der Waals surface area contributed by atoms with Gasteiger partial charge in [-0.3, -0.25) is 19.7 Å². The molecule has 0 unspecified atom stereocenters. The third-order valence-corrected chi connectivity index (χ3v) is 5.15. The number of hydrogen-bond acceptors (Lipinski definition) is 7. The summed E-state index contributed by atoms with van der Waals surface area (Å²) in [6.07, 6.45) is 0. The Morgan fingerprint density at radius 2 is 1.91 bits per heavy atom. The van der Waals surface area contributed by atoms with E-state index in [-0.39, 0.29) is 17.2 Å². The monoisotopic (exact) mass is 457 g/mol. The van der Waals surface area contributed by atoms with Crippen LogP contribution in [0.5, 0.6) is 0 Å². The molecule has 0 spiro atoms. The molecule has 0 aliphatic heterocycles. The van der Waals surface area contributed by atoms with Gasteiger partial charge in [-0.05, 0) is 29.6 Å². The molecule has 1 heterocycles. The Morgan fingerprint density at radius 3 is 2.59 bits per heavy atom. The first-order chi connectivity index (χ1) is 15.3. The molecule has 0 saturated carbocycles. The first-order valence-corrected chi connectivity index (χ1v) is 9.97. The first-order valence-electron chi connectivity index (χ1n) is 9.09. The molecule has 0 radical (unpaired) electrons. The minimum atomic E-state index is -0.891. The molecular formula is C21H16FN3O6S. The summed E-state index contributed by atoms with van der Waals surface area (Å²) in [6.45, 7) is -0.766. The number of amides is 2. The number of esters is 1. The average Bonchev–Trinajstić information content (AvgIpc) is 3.32. The second kappa shape index (κ2) is 9.79. The fourth-order valence-corrected chi connectivity index (χ4v) is 3.43. The molecule has 3 aromatic rings. The van der Waals surface area contributed by atoms with Gasteiger partial charge in [0.25, 0.3) is 17.5 Å². The van der Waals surface area contributed by atoms with Gasteiger partial charge in [0.15, 0.2) is 6.61 Å². The van der Waals surface area contributed by atoms with Gasteiger partial charge in [0, 0.05) is 19.2 Å². The summed E-state index contributed by atoms with van der Waals surface area (Å²) in [6, 6.07) is 12.2. The number of nitro groups is 1. The minimum Gasteiger partial charge on any atom is -0.452 e. The van der Waals surface area contributed by atoms with Crippen LogP contribution in [0, 0.1) is 15.9 Å². The lowest BCUT2D eigenvalue weighted by atomic mass is 10.1. The van der Waals surface area contributed by atoms with E-state index in [4.69, 9.17) is 4.74 Å². The van der Waals surface area contributed by atoms with Crippen molar-refractivity contribution in [3.05, 3.63) is 86.3 Å². The number of rotatable bonds is 7. The Bertz CT molecular complexity index is 1180. The van der Waals surface area contributed by atoms with Gasteiger partial charge in [-0.25, -0.2) is 9.18 Å². The highest BCUT2D eigenvalue weighted by Crippen LogP contribution is 2.24. The summed E-state index contributed by atoms with van der Waals surface area (Å²) >= 11 is 1.25. The molecule has 9 nitrogen and oxygen atoms in total. The zero-order valence-electron chi connectivity index (χ0n) is 16.6. The number of nitrogens with one attached hydrogen (secondary N) is 1. The Balaban J connectivity index is 1.68. The summed E-state index contributed by atoms with van der Waals surface area (Å²) in [7, 11) is 1.51. The van der Waals surface area contributed by atoms with Gasteiger partial charge < -0.3 is 15.0 Å². The van der Waals surface area contributed by atoms with Crippen LogP contribution in [0.15, 0.2) is 60.0 Å². The van der Waals surface area contributed by atoms with Crippen molar-refractivity contribution in [2.24, 2.45) is 0 Å². The van der Waals surface area contributed by atoms with Crippen LogP contribution in [0.25, 0.3) is 0 Å². The Labute approximate surface area is 185 Å². The van der Waals surface area contributed by atoms with Crippen molar-refractivity contribution in [2.75, 3.05) is 23.9 Å². The number of benzene rings is 2. The van der Waals surface area contributed by atoms with E-state index in [0.717, 1.165) is 18.2 Å². The van der Waals surface area contributed by atoms with E-state index >= 15 is 0 Å². The number of para-hydroxylation sites is 1. The summed E-state index contributed by atoms with van der Waals surface area (Å²) in [4.78, 5) is 49.1. The number of thiophene rings is 1. The minimum absolute atomic E-state index is 0.0502. The van der Waals surface area contributed by atoms with Crippen molar-refractivity contribution in [3.8, 4) is 0 Å². The van der Waals surface area contributed by atoms with Crippen LogP contribution in [0.3, 0.4) is 0 Å². The van der Waals surface area contributed by atoms with E-state index in [9.17, 15) is 28.9 Å². The van der Waals surface area contributed by atoms with Crippen LogP contribution in [0.1, 0.15) is 20.0 Å². The Morgan fingerprint density at radius 1 is 1.16 bits per heavy atom. The Kier molecular flexibility index (Phi) is 6.90. The zero-order chi connectivity index (χ0) is 23.3. The van der Waals surface area contributed by atoms with Crippen molar-refractivity contribution in [2.45, 2.75) is 0 Å². The van der Waals surface area contributed by atoms with E-state index < -0.39 is 40.6 Å². The largest absolute Gasteiger partial charge is 0.452 e. The van der Waals surface area contributed by atoms with Gasteiger partial charge in [0.1, 0.15) is 5.82 Å². The summed E-state index contributed by atoms with van der Waals surface area (Å²) in [5, 5.41) is 14.7. The van der Waals surface area contributed by atoms with Crippen LogP contribution >= 0.6 is 11.3 Å². The normalized spacial score (nSPS) is 10.3. The molecule has 0 bridgehead atoms.